The van der Waals surface area contributed by atoms with E-state index in [-0.39, 0.29) is 11.8 Å². The van der Waals surface area contributed by atoms with Crippen molar-refractivity contribution in [1.82, 2.24) is 4.90 Å². The van der Waals surface area contributed by atoms with Crippen LogP contribution in [-0.4, -0.2) is 42.5 Å². The second-order valence-electron chi connectivity index (χ2n) is 6.28. The van der Waals surface area contributed by atoms with Crippen LogP contribution in [0.1, 0.15) is 34.1 Å². The van der Waals surface area contributed by atoms with Gasteiger partial charge in [-0.15, -0.1) is 0 Å². The Morgan fingerprint density at radius 1 is 1.35 bits per heavy atom. The monoisotopic (exact) mass is 318 g/mol. The lowest BCUT2D eigenvalue weighted by molar-refractivity contribution is -0.141. The molecule has 0 spiro atoms. The van der Waals surface area contributed by atoms with Crippen molar-refractivity contribution < 1.29 is 14.3 Å². The fourth-order valence-corrected chi connectivity index (χ4v) is 2.84. The summed E-state index contributed by atoms with van der Waals surface area (Å²) in [6.07, 6.45) is 0.484. The topological polar surface area (TPSA) is 49.9 Å². The summed E-state index contributed by atoms with van der Waals surface area (Å²) in [5, 5.41) is 0. The molecule has 0 saturated carbocycles. The Morgan fingerprint density at radius 3 is 2.74 bits per heavy atom. The minimum absolute atomic E-state index is 0.0398. The summed E-state index contributed by atoms with van der Waals surface area (Å²) in [7, 11) is 0. The number of carbonyl (C=O) groups is 2. The fraction of sp³-hybridized carbons (Fsp3) is 0.556. The Morgan fingerprint density at radius 2 is 2.09 bits per heavy atom. The van der Waals surface area contributed by atoms with Crippen molar-refractivity contribution >= 4 is 17.5 Å². The first-order valence-electron chi connectivity index (χ1n) is 8.27. The van der Waals surface area contributed by atoms with Crippen molar-refractivity contribution in [1.29, 1.82) is 0 Å². The van der Waals surface area contributed by atoms with Gasteiger partial charge in [0.05, 0.1) is 6.61 Å². The zero-order valence-corrected chi connectivity index (χ0v) is 14.4. The van der Waals surface area contributed by atoms with Gasteiger partial charge in [-0.05, 0) is 31.9 Å². The van der Waals surface area contributed by atoms with Crippen LogP contribution in [0.4, 0.5) is 5.69 Å². The van der Waals surface area contributed by atoms with Crippen LogP contribution in [0.2, 0.25) is 0 Å². The Balaban J connectivity index is 2.12. The number of ether oxygens (including phenoxy) is 1. The molecule has 1 aromatic carbocycles. The third-order valence-electron chi connectivity index (χ3n) is 4.00. The van der Waals surface area contributed by atoms with Gasteiger partial charge >= 0.3 is 0 Å². The predicted octanol–water partition coefficient (Wildman–Crippen LogP) is 2.70. The number of anilines is 1. The number of rotatable bonds is 5. The van der Waals surface area contributed by atoms with Gasteiger partial charge in [0.15, 0.2) is 0 Å². The third kappa shape index (κ3) is 4.03. The van der Waals surface area contributed by atoms with E-state index < -0.39 is 6.04 Å². The summed E-state index contributed by atoms with van der Waals surface area (Å²) >= 11 is 0. The van der Waals surface area contributed by atoms with Crippen LogP contribution in [-0.2, 0) is 9.59 Å². The summed E-state index contributed by atoms with van der Waals surface area (Å²) in [5.41, 5.74) is 0.823. The van der Waals surface area contributed by atoms with Gasteiger partial charge in [0.1, 0.15) is 11.8 Å². The highest BCUT2D eigenvalue weighted by atomic mass is 16.5. The molecule has 1 heterocycles. The van der Waals surface area contributed by atoms with Crippen molar-refractivity contribution in [3.63, 3.8) is 0 Å². The highest BCUT2D eigenvalue weighted by Gasteiger charge is 2.34. The number of piperazine rings is 1. The molecule has 0 aromatic heterocycles. The largest absolute Gasteiger partial charge is 0.494 e. The zero-order chi connectivity index (χ0) is 17.0. The summed E-state index contributed by atoms with van der Waals surface area (Å²) in [4.78, 5) is 28.4. The molecule has 1 saturated heterocycles. The van der Waals surface area contributed by atoms with Gasteiger partial charge in [-0.25, -0.2) is 0 Å². The van der Waals surface area contributed by atoms with Crippen molar-refractivity contribution in [2.75, 3.05) is 24.6 Å². The van der Waals surface area contributed by atoms with Crippen LogP contribution in [0.25, 0.3) is 0 Å². The maximum absolute atomic E-state index is 12.7. The van der Waals surface area contributed by atoms with Crippen LogP contribution < -0.4 is 9.64 Å². The lowest BCUT2D eigenvalue weighted by Crippen LogP contribution is -2.57. The van der Waals surface area contributed by atoms with E-state index in [1.807, 2.05) is 45.0 Å². The van der Waals surface area contributed by atoms with E-state index in [0.717, 1.165) is 11.4 Å². The van der Waals surface area contributed by atoms with Gasteiger partial charge in [0.2, 0.25) is 11.8 Å². The van der Waals surface area contributed by atoms with Gasteiger partial charge in [-0.2, -0.15) is 0 Å². The third-order valence-corrected chi connectivity index (χ3v) is 4.00. The number of benzene rings is 1. The van der Waals surface area contributed by atoms with E-state index >= 15 is 0 Å². The molecule has 126 valence electrons. The minimum atomic E-state index is -0.425. The normalized spacial score (nSPS) is 18.5. The van der Waals surface area contributed by atoms with Crippen LogP contribution in [0.5, 0.6) is 5.75 Å². The van der Waals surface area contributed by atoms with Crippen LogP contribution in [0.15, 0.2) is 24.3 Å². The molecule has 1 fully saturated rings. The van der Waals surface area contributed by atoms with Crippen molar-refractivity contribution in [3.05, 3.63) is 24.3 Å². The smallest absolute Gasteiger partial charge is 0.249 e. The molecule has 1 aromatic rings. The van der Waals surface area contributed by atoms with Crippen LogP contribution >= 0.6 is 0 Å². The molecule has 23 heavy (non-hydrogen) atoms. The molecule has 1 atom stereocenters. The lowest BCUT2D eigenvalue weighted by Gasteiger charge is -2.39. The molecule has 1 unspecified atom stereocenters. The summed E-state index contributed by atoms with van der Waals surface area (Å²) in [6.45, 7) is 9.43. The summed E-state index contributed by atoms with van der Waals surface area (Å²) < 4.78 is 5.50. The second-order valence-corrected chi connectivity index (χ2v) is 6.28. The van der Waals surface area contributed by atoms with Gasteiger partial charge < -0.3 is 14.5 Å². The first kappa shape index (κ1) is 17.3. The zero-order valence-electron chi connectivity index (χ0n) is 14.4. The number of hydrogen-bond acceptors (Lipinski definition) is 3. The Labute approximate surface area is 138 Å². The van der Waals surface area contributed by atoms with Crippen molar-refractivity contribution in [2.24, 2.45) is 5.92 Å². The van der Waals surface area contributed by atoms with E-state index in [1.54, 1.807) is 16.7 Å². The standard InChI is InChI=1S/C18H26N2O3/c1-5-23-16-8-6-7-15(12-16)20-10-9-19(14(4)18(20)22)17(21)11-13(2)3/h6-8,12-14H,5,9-11H2,1-4H3. The van der Waals surface area contributed by atoms with E-state index in [0.29, 0.717) is 32.0 Å². The molecule has 1 aliphatic heterocycles. The Hall–Kier alpha value is -2.04. The minimum Gasteiger partial charge on any atom is -0.494 e. The van der Waals surface area contributed by atoms with Gasteiger partial charge in [0, 0.05) is 31.3 Å². The van der Waals surface area contributed by atoms with Gasteiger partial charge in [-0.1, -0.05) is 19.9 Å². The number of carbonyl (C=O) groups excluding carboxylic acids is 2. The molecule has 2 rings (SSSR count). The highest BCUT2D eigenvalue weighted by Crippen LogP contribution is 2.25. The highest BCUT2D eigenvalue weighted by molar-refractivity contribution is 6.00. The SMILES string of the molecule is CCOc1cccc(N2CCN(C(=O)CC(C)C)C(C)C2=O)c1. The number of hydrogen-bond donors (Lipinski definition) is 0. The molecular formula is C18H26N2O3. The molecule has 1 aliphatic rings. The van der Waals surface area contributed by atoms with Crippen molar-refractivity contribution in [3.8, 4) is 5.75 Å². The van der Waals surface area contributed by atoms with Gasteiger partial charge in [-0.3, -0.25) is 9.59 Å². The van der Waals surface area contributed by atoms with E-state index in [2.05, 4.69) is 0 Å². The fourth-order valence-electron chi connectivity index (χ4n) is 2.84. The van der Waals surface area contributed by atoms with E-state index in [9.17, 15) is 9.59 Å². The quantitative estimate of drug-likeness (QED) is 0.839. The van der Waals surface area contributed by atoms with Crippen LogP contribution in [0, 0.1) is 5.92 Å². The first-order chi connectivity index (χ1) is 10.9. The van der Waals surface area contributed by atoms with Crippen molar-refractivity contribution in [2.45, 2.75) is 40.2 Å². The maximum atomic E-state index is 12.7. The van der Waals surface area contributed by atoms with E-state index in [4.69, 9.17) is 4.74 Å². The molecule has 0 N–H and O–H groups in total. The molecule has 0 bridgehead atoms. The summed E-state index contributed by atoms with van der Waals surface area (Å²) in [5.74, 6) is 1.07. The molecule has 5 nitrogen and oxygen atoms in total. The number of amides is 2. The molecule has 2 amide bonds. The lowest BCUT2D eigenvalue weighted by atomic mass is 10.1. The maximum Gasteiger partial charge on any atom is 0.249 e. The van der Waals surface area contributed by atoms with E-state index in [1.165, 1.54) is 0 Å². The predicted molar refractivity (Wildman–Crippen MR) is 90.6 cm³/mol. The average molecular weight is 318 g/mol. The molecule has 0 radical (unpaired) electrons. The average Bonchev–Trinajstić information content (AvgIpc) is 2.49. The van der Waals surface area contributed by atoms with Gasteiger partial charge in [0.25, 0.3) is 0 Å². The Kier molecular flexibility index (Phi) is 5.64. The Bertz CT molecular complexity index is 571. The molecular weight excluding hydrogens is 292 g/mol. The summed E-state index contributed by atoms with van der Waals surface area (Å²) in [6, 6.07) is 7.11. The molecule has 5 heteroatoms. The second kappa shape index (κ2) is 7.49. The molecule has 0 aliphatic carbocycles. The first-order valence-corrected chi connectivity index (χ1v) is 8.27. The number of nitrogens with zero attached hydrogens (tertiary/aromatic N) is 2. The van der Waals surface area contributed by atoms with Crippen LogP contribution in [0.3, 0.4) is 0 Å².